The standard InChI is InChI=1S/C19H21F3N3O4PS/c1-10-5-6-15(11(2)7-10)30(28,29-4)25-14-8-16(31-17(14)18(26)27)13(9-24-23)12(3)19(20,21)22/h5-9,24H,3,23H2,1-2,4H3,(H,25,28)(H,26,27)/b13-9+. The number of aryl methyl sites for hydroxylation is 2. The highest BCUT2D eigenvalue weighted by atomic mass is 32.1. The van der Waals surface area contributed by atoms with E-state index in [0.717, 1.165) is 17.8 Å². The molecule has 0 amide bonds. The maximum atomic E-state index is 13.5. The zero-order valence-electron chi connectivity index (χ0n) is 16.8. The van der Waals surface area contributed by atoms with Crippen molar-refractivity contribution >= 4 is 41.4 Å². The third-order valence-corrected chi connectivity index (χ3v) is 7.62. The Morgan fingerprint density at radius 3 is 2.45 bits per heavy atom. The zero-order chi connectivity index (χ0) is 23.6. The van der Waals surface area contributed by atoms with Crippen LogP contribution >= 0.6 is 18.9 Å². The maximum Gasteiger partial charge on any atom is 0.416 e. The van der Waals surface area contributed by atoms with Gasteiger partial charge in [-0.3, -0.25) is 10.4 Å². The lowest BCUT2D eigenvalue weighted by Crippen LogP contribution is -2.18. The number of alkyl halides is 3. The van der Waals surface area contributed by atoms with Gasteiger partial charge in [0, 0.05) is 23.8 Å². The van der Waals surface area contributed by atoms with Crippen molar-refractivity contribution in [2.75, 3.05) is 12.2 Å². The fourth-order valence-corrected chi connectivity index (χ4v) is 5.58. The summed E-state index contributed by atoms with van der Waals surface area (Å²) in [6, 6.07) is 6.23. The summed E-state index contributed by atoms with van der Waals surface area (Å²) >= 11 is 0.550. The van der Waals surface area contributed by atoms with Crippen LogP contribution in [0.15, 0.2) is 42.6 Å². The molecule has 2 aromatic rings. The van der Waals surface area contributed by atoms with E-state index in [1.54, 1.807) is 25.1 Å². The van der Waals surface area contributed by atoms with E-state index >= 15 is 0 Å². The molecule has 1 atom stereocenters. The predicted octanol–water partition coefficient (Wildman–Crippen LogP) is 4.56. The Balaban J connectivity index is 2.60. The van der Waals surface area contributed by atoms with Crippen LogP contribution < -0.4 is 21.7 Å². The van der Waals surface area contributed by atoms with E-state index < -0.39 is 30.8 Å². The van der Waals surface area contributed by atoms with E-state index in [1.807, 2.05) is 12.3 Å². The number of benzene rings is 1. The number of hydrazine groups is 1. The average Bonchev–Trinajstić information content (AvgIpc) is 3.08. The van der Waals surface area contributed by atoms with E-state index in [0.29, 0.717) is 22.2 Å². The van der Waals surface area contributed by atoms with Gasteiger partial charge in [-0.05, 0) is 31.5 Å². The third kappa shape index (κ3) is 5.37. The smallest absolute Gasteiger partial charge is 0.416 e. The fourth-order valence-electron chi connectivity index (χ4n) is 2.81. The van der Waals surface area contributed by atoms with Crippen molar-refractivity contribution < 1.29 is 32.2 Å². The summed E-state index contributed by atoms with van der Waals surface area (Å²) in [6.45, 7) is 6.60. The third-order valence-electron chi connectivity index (χ3n) is 4.28. The summed E-state index contributed by atoms with van der Waals surface area (Å²) in [4.78, 5) is 11.3. The van der Waals surface area contributed by atoms with Gasteiger partial charge in [-0.15, -0.1) is 11.3 Å². The van der Waals surface area contributed by atoms with Gasteiger partial charge in [-0.1, -0.05) is 24.3 Å². The largest absolute Gasteiger partial charge is 0.477 e. The second kappa shape index (κ2) is 9.27. The van der Waals surface area contributed by atoms with Crippen molar-refractivity contribution in [2.45, 2.75) is 20.0 Å². The van der Waals surface area contributed by atoms with E-state index in [2.05, 4.69) is 11.7 Å². The van der Waals surface area contributed by atoms with Crippen molar-refractivity contribution in [3.05, 3.63) is 63.5 Å². The minimum Gasteiger partial charge on any atom is -0.477 e. The Bertz CT molecular complexity index is 1100. The van der Waals surface area contributed by atoms with E-state index in [-0.39, 0.29) is 15.4 Å². The number of hydrogen-bond acceptors (Lipinski definition) is 6. The van der Waals surface area contributed by atoms with Gasteiger partial charge in [-0.25, -0.2) is 4.79 Å². The molecule has 0 saturated carbocycles. The molecule has 168 valence electrons. The van der Waals surface area contributed by atoms with Gasteiger partial charge in [-0.2, -0.15) is 13.2 Å². The number of nitrogens with one attached hydrogen (secondary N) is 2. The topological polar surface area (TPSA) is 114 Å². The van der Waals surface area contributed by atoms with Crippen LogP contribution in [0.1, 0.15) is 25.7 Å². The number of anilines is 1. The number of nitrogens with two attached hydrogens (primary N) is 1. The number of rotatable bonds is 8. The number of hydrogen-bond donors (Lipinski definition) is 4. The van der Waals surface area contributed by atoms with Crippen molar-refractivity contribution in [3.8, 4) is 0 Å². The molecular weight excluding hydrogens is 454 g/mol. The summed E-state index contributed by atoms with van der Waals surface area (Å²) in [5.74, 6) is 3.74. The molecule has 12 heteroatoms. The minimum atomic E-state index is -4.77. The molecule has 0 spiro atoms. The molecule has 1 heterocycles. The Morgan fingerprint density at radius 1 is 1.32 bits per heavy atom. The molecule has 0 radical (unpaired) electrons. The summed E-state index contributed by atoms with van der Waals surface area (Å²) in [6.07, 6.45) is -3.92. The Kier molecular flexibility index (Phi) is 7.38. The van der Waals surface area contributed by atoms with E-state index in [4.69, 9.17) is 10.4 Å². The number of carboxylic acid groups (broad SMARTS) is 1. The minimum absolute atomic E-state index is 0.0940. The van der Waals surface area contributed by atoms with Crippen molar-refractivity contribution in [2.24, 2.45) is 5.84 Å². The molecule has 2 rings (SSSR count). The summed E-state index contributed by atoms with van der Waals surface area (Å²) < 4.78 is 58.3. The molecule has 0 aliphatic carbocycles. The van der Waals surface area contributed by atoms with Gasteiger partial charge < -0.3 is 20.1 Å². The van der Waals surface area contributed by atoms with Crippen LogP contribution in [0.5, 0.6) is 0 Å². The lowest BCUT2D eigenvalue weighted by molar-refractivity contribution is -0.0867. The highest BCUT2D eigenvalue weighted by molar-refractivity contribution is 7.68. The number of aromatic carboxylic acids is 1. The van der Waals surface area contributed by atoms with E-state index in [9.17, 15) is 27.6 Å². The van der Waals surface area contributed by atoms with Crippen LogP contribution in [0, 0.1) is 13.8 Å². The monoisotopic (exact) mass is 475 g/mol. The van der Waals surface area contributed by atoms with Gasteiger partial charge in [0.05, 0.1) is 16.6 Å². The van der Waals surface area contributed by atoms with Gasteiger partial charge in [0.15, 0.2) is 0 Å². The zero-order valence-corrected chi connectivity index (χ0v) is 18.5. The van der Waals surface area contributed by atoms with Gasteiger partial charge in [0.1, 0.15) is 4.88 Å². The molecule has 1 aromatic heterocycles. The van der Waals surface area contributed by atoms with Crippen LogP contribution in [-0.2, 0) is 9.09 Å². The van der Waals surface area contributed by atoms with Gasteiger partial charge >= 0.3 is 19.7 Å². The van der Waals surface area contributed by atoms with E-state index in [1.165, 1.54) is 7.11 Å². The lowest BCUT2D eigenvalue weighted by atomic mass is 10.1. The Hall–Kier alpha value is -2.59. The molecule has 0 aliphatic heterocycles. The summed E-state index contributed by atoms with van der Waals surface area (Å²) in [7, 11) is -2.61. The normalized spacial score (nSPS) is 14.1. The van der Waals surface area contributed by atoms with Crippen LogP contribution in [0.2, 0.25) is 0 Å². The average molecular weight is 475 g/mol. The van der Waals surface area contributed by atoms with Gasteiger partial charge in [0.2, 0.25) is 0 Å². The van der Waals surface area contributed by atoms with Crippen LogP contribution in [-0.4, -0.2) is 24.4 Å². The molecular formula is C19H21F3N3O4PS. The SMILES string of the molecule is C=C(/C(=C\NN)c1cc(NP(=O)(OC)c2ccc(C)cc2C)c(C(=O)O)s1)C(F)(F)F. The van der Waals surface area contributed by atoms with Crippen LogP contribution in [0.4, 0.5) is 18.9 Å². The molecule has 0 fully saturated rings. The molecule has 7 nitrogen and oxygen atoms in total. The first kappa shape index (κ1) is 24.7. The number of carboxylic acids is 1. The van der Waals surface area contributed by atoms with Crippen LogP contribution in [0.3, 0.4) is 0 Å². The number of halogens is 3. The summed E-state index contributed by atoms with van der Waals surface area (Å²) in [5.41, 5.74) is 1.74. The highest BCUT2D eigenvalue weighted by Gasteiger charge is 2.36. The first-order valence-corrected chi connectivity index (χ1v) is 11.1. The van der Waals surface area contributed by atoms with Crippen LogP contribution in [0.25, 0.3) is 5.57 Å². The second-order valence-corrected chi connectivity index (χ2v) is 9.72. The van der Waals surface area contributed by atoms with Crippen molar-refractivity contribution in [3.63, 3.8) is 0 Å². The maximum absolute atomic E-state index is 13.5. The molecule has 1 aromatic carbocycles. The lowest BCUT2D eigenvalue weighted by Gasteiger charge is -2.20. The molecule has 0 aliphatic rings. The Labute approximate surface area is 180 Å². The first-order chi connectivity index (χ1) is 14.3. The second-order valence-electron chi connectivity index (χ2n) is 6.50. The molecule has 0 bridgehead atoms. The summed E-state index contributed by atoms with van der Waals surface area (Å²) in [5, 5.41) is 12.5. The predicted molar refractivity (Wildman–Crippen MR) is 116 cm³/mol. The Morgan fingerprint density at radius 2 is 1.97 bits per heavy atom. The molecule has 31 heavy (non-hydrogen) atoms. The molecule has 0 saturated heterocycles. The first-order valence-electron chi connectivity index (χ1n) is 8.66. The van der Waals surface area contributed by atoms with Crippen molar-refractivity contribution in [1.29, 1.82) is 0 Å². The molecule has 5 N–H and O–H groups in total. The highest BCUT2D eigenvalue weighted by Crippen LogP contribution is 2.49. The van der Waals surface area contributed by atoms with Gasteiger partial charge in [0.25, 0.3) is 0 Å². The quantitative estimate of drug-likeness (QED) is 0.192. The van der Waals surface area contributed by atoms with Crippen molar-refractivity contribution in [1.82, 2.24) is 5.43 Å². The fraction of sp³-hybridized carbons (Fsp3) is 0.211. The number of thiophene rings is 1. The number of allylic oxidation sites excluding steroid dienone is 2. The molecule has 1 unspecified atom stereocenters. The number of carbonyl (C=O) groups is 1.